The predicted molar refractivity (Wildman–Crippen MR) is 67.9 cm³/mol. The number of hydrogen-bond acceptors (Lipinski definition) is 6. The normalized spacial score (nSPS) is 13.4. The van der Waals surface area contributed by atoms with Crippen LogP contribution in [-0.2, 0) is 18.4 Å². The summed E-state index contributed by atoms with van der Waals surface area (Å²) in [5, 5.41) is 11.7. The van der Waals surface area contributed by atoms with E-state index in [2.05, 4.69) is 5.32 Å². The van der Waals surface area contributed by atoms with Crippen molar-refractivity contribution in [2.24, 2.45) is 0 Å². The van der Waals surface area contributed by atoms with Gasteiger partial charge in [0.25, 0.3) is 0 Å². The largest absolute Gasteiger partial charge is 0.480 e. The molecule has 1 atom stereocenters. The summed E-state index contributed by atoms with van der Waals surface area (Å²) in [4.78, 5) is 11.1. The van der Waals surface area contributed by atoms with Gasteiger partial charge in [-0.3, -0.25) is 14.7 Å². The van der Waals surface area contributed by atoms with Crippen molar-refractivity contribution >= 4 is 13.6 Å². The second-order valence-corrected chi connectivity index (χ2v) is 5.65. The zero-order valence-electron chi connectivity index (χ0n) is 10.9. The molecule has 0 bridgehead atoms. The monoisotopic (exact) mass is 291 g/mol. The van der Waals surface area contributed by atoms with Crippen molar-refractivity contribution in [3.63, 3.8) is 0 Å². The molecule has 8 heteroatoms. The van der Waals surface area contributed by atoms with Gasteiger partial charge in [-0.15, -0.1) is 0 Å². The molecule has 0 fully saturated rings. The molecule has 0 amide bonds. The van der Waals surface area contributed by atoms with Crippen LogP contribution in [-0.4, -0.2) is 30.6 Å². The van der Waals surface area contributed by atoms with Crippen LogP contribution in [0.5, 0.6) is 0 Å². The van der Waals surface area contributed by atoms with Crippen LogP contribution < -0.4 is 5.32 Å². The van der Waals surface area contributed by atoms with Crippen LogP contribution >= 0.6 is 7.60 Å². The lowest BCUT2D eigenvalue weighted by atomic mass is 10.2. The minimum absolute atomic E-state index is 0.202. The maximum absolute atomic E-state index is 12.2. The highest BCUT2D eigenvalue weighted by Crippen LogP contribution is 2.47. The molecule has 2 N–H and O–H groups in total. The van der Waals surface area contributed by atoms with Gasteiger partial charge in [0.05, 0.1) is 19.5 Å². The zero-order chi connectivity index (χ0) is 14.3. The van der Waals surface area contributed by atoms with E-state index in [1.807, 2.05) is 0 Å². The van der Waals surface area contributed by atoms with Crippen LogP contribution in [0.4, 0.5) is 0 Å². The van der Waals surface area contributed by atoms with Crippen molar-refractivity contribution in [3.05, 3.63) is 24.2 Å². The summed E-state index contributed by atoms with van der Waals surface area (Å²) in [6, 6.07) is 2.01. The van der Waals surface area contributed by atoms with Gasteiger partial charge < -0.3 is 18.6 Å². The maximum Gasteiger partial charge on any atom is 0.344 e. The second kappa shape index (κ2) is 7.45. The molecular formula is C11H18NO6P. The first-order valence-electron chi connectivity index (χ1n) is 5.90. The van der Waals surface area contributed by atoms with E-state index < -0.39 is 19.6 Å². The van der Waals surface area contributed by atoms with Gasteiger partial charge in [0.1, 0.15) is 12.0 Å². The highest BCUT2D eigenvalue weighted by Gasteiger charge is 2.29. The van der Waals surface area contributed by atoms with E-state index in [0.29, 0.717) is 0 Å². The van der Waals surface area contributed by atoms with Crippen LogP contribution in [0.1, 0.15) is 25.6 Å². The highest BCUT2D eigenvalue weighted by atomic mass is 31.2. The Morgan fingerprint density at radius 3 is 2.53 bits per heavy atom. The number of nitrogens with one attached hydrogen (secondary N) is 1. The van der Waals surface area contributed by atoms with Gasteiger partial charge >= 0.3 is 13.6 Å². The Morgan fingerprint density at radius 1 is 1.47 bits per heavy atom. The summed E-state index contributed by atoms with van der Waals surface area (Å²) in [5.74, 6) is -0.901. The third-order valence-corrected chi connectivity index (χ3v) is 4.09. The van der Waals surface area contributed by atoms with Gasteiger partial charge in [-0.1, -0.05) is 0 Å². The van der Waals surface area contributed by atoms with E-state index in [9.17, 15) is 9.36 Å². The van der Waals surface area contributed by atoms with E-state index in [4.69, 9.17) is 18.6 Å². The average molecular weight is 291 g/mol. The quantitative estimate of drug-likeness (QED) is 0.673. The molecule has 1 rings (SSSR count). The zero-order valence-corrected chi connectivity index (χ0v) is 11.8. The van der Waals surface area contributed by atoms with E-state index in [0.717, 1.165) is 0 Å². The molecule has 0 radical (unpaired) electrons. The lowest BCUT2D eigenvalue weighted by Crippen LogP contribution is -2.29. The van der Waals surface area contributed by atoms with Gasteiger partial charge in [0, 0.05) is 0 Å². The van der Waals surface area contributed by atoms with Gasteiger partial charge in [-0.2, -0.15) is 0 Å². The van der Waals surface area contributed by atoms with Crippen molar-refractivity contribution in [2.75, 3.05) is 19.5 Å². The fourth-order valence-electron chi connectivity index (χ4n) is 1.49. The number of rotatable bonds is 9. The molecule has 7 nitrogen and oxygen atoms in total. The lowest BCUT2D eigenvalue weighted by molar-refractivity contribution is -0.140. The van der Waals surface area contributed by atoms with E-state index in [1.165, 1.54) is 12.3 Å². The topological polar surface area (TPSA) is 98.0 Å². The van der Waals surface area contributed by atoms with Crippen molar-refractivity contribution in [1.82, 2.24) is 5.32 Å². The van der Waals surface area contributed by atoms with Gasteiger partial charge in [0.2, 0.25) is 0 Å². The summed E-state index contributed by atoms with van der Waals surface area (Å²) in [6.45, 7) is 3.81. The minimum Gasteiger partial charge on any atom is -0.480 e. The van der Waals surface area contributed by atoms with Gasteiger partial charge in [0.15, 0.2) is 6.04 Å². The number of carbonyl (C=O) groups is 1. The van der Waals surface area contributed by atoms with Crippen LogP contribution in [0.25, 0.3) is 0 Å². The first-order chi connectivity index (χ1) is 9.02. The number of aliphatic carboxylic acids is 1. The van der Waals surface area contributed by atoms with E-state index in [1.54, 1.807) is 19.9 Å². The van der Waals surface area contributed by atoms with E-state index in [-0.39, 0.29) is 25.3 Å². The third-order valence-electron chi connectivity index (χ3n) is 2.22. The van der Waals surface area contributed by atoms with Crippen molar-refractivity contribution in [1.29, 1.82) is 0 Å². The van der Waals surface area contributed by atoms with Crippen molar-refractivity contribution < 1.29 is 27.9 Å². The maximum atomic E-state index is 12.2. The van der Waals surface area contributed by atoms with Gasteiger partial charge in [-0.05, 0) is 26.0 Å². The van der Waals surface area contributed by atoms with Crippen LogP contribution in [0, 0.1) is 0 Å². The molecule has 1 unspecified atom stereocenters. The third kappa shape index (κ3) is 4.80. The molecule has 0 aromatic carbocycles. The van der Waals surface area contributed by atoms with Crippen molar-refractivity contribution in [3.8, 4) is 0 Å². The van der Waals surface area contributed by atoms with E-state index >= 15 is 0 Å². The molecule has 1 aromatic heterocycles. The first-order valence-corrected chi connectivity index (χ1v) is 7.63. The standard InChI is InChI=1S/C11H18NO6P/c1-3-17-19(15,18-4-2)8-12-10(11(13)14)9-6-5-7-16-9/h5-7,10,12H,3-4,8H2,1-2H3,(H,13,14). The first kappa shape index (κ1) is 15.9. The Hall–Kier alpha value is -1.14. The average Bonchev–Trinajstić information content (AvgIpc) is 2.83. The number of hydrogen-bond donors (Lipinski definition) is 2. The summed E-state index contributed by atoms with van der Waals surface area (Å²) in [5.41, 5.74) is 0. The molecule has 108 valence electrons. The summed E-state index contributed by atoms with van der Waals surface area (Å²) < 4.78 is 27.3. The number of furan rings is 1. The molecule has 0 aliphatic carbocycles. The second-order valence-electron chi connectivity index (χ2n) is 3.60. The Balaban J connectivity index is 2.70. The molecule has 0 aliphatic rings. The summed E-state index contributed by atoms with van der Waals surface area (Å²) in [7, 11) is -3.33. The molecule has 1 heterocycles. The Kier molecular flexibility index (Phi) is 6.24. The molecule has 19 heavy (non-hydrogen) atoms. The lowest BCUT2D eigenvalue weighted by Gasteiger charge is -2.19. The Morgan fingerprint density at radius 2 is 2.11 bits per heavy atom. The van der Waals surface area contributed by atoms with Crippen LogP contribution in [0.2, 0.25) is 0 Å². The Bertz CT molecular complexity index is 422. The molecule has 0 spiro atoms. The Labute approximate surface area is 111 Å². The van der Waals surface area contributed by atoms with Crippen LogP contribution in [0.15, 0.2) is 22.8 Å². The summed E-state index contributed by atoms with van der Waals surface area (Å²) in [6.07, 6.45) is 1.17. The molecular weight excluding hydrogens is 273 g/mol. The molecule has 0 saturated heterocycles. The smallest absolute Gasteiger partial charge is 0.344 e. The summed E-state index contributed by atoms with van der Waals surface area (Å²) >= 11 is 0. The van der Waals surface area contributed by atoms with Crippen LogP contribution in [0.3, 0.4) is 0 Å². The fourth-order valence-corrected chi connectivity index (χ4v) is 2.94. The highest BCUT2D eigenvalue weighted by molar-refractivity contribution is 7.53. The number of carboxylic acid groups (broad SMARTS) is 1. The SMILES string of the molecule is CCOP(=O)(CNC(C(=O)O)c1ccco1)OCC. The number of carboxylic acids is 1. The molecule has 1 aromatic rings. The minimum atomic E-state index is -3.33. The van der Waals surface area contributed by atoms with Gasteiger partial charge in [-0.25, -0.2) is 0 Å². The van der Waals surface area contributed by atoms with Crippen molar-refractivity contribution in [2.45, 2.75) is 19.9 Å². The predicted octanol–water partition coefficient (Wildman–Crippen LogP) is 2.22. The fraction of sp³-hybridized carbons (Fsp3) is 0.545. The molecule has 0 saturated carbocycles. The molecule has 0 aliphatic heterocycles.